The molecule has 0 aliphatic carbocycles. The van der Waals surface area contributed by atoms with Crippen molar-refractivity contribution in [1.82, 2.24) is 14.7 Å². The second-order valence-electron chi connectivity index (χ2n) is 5.90. The first-order valence-electron chi connectivity index (χ1n) is 8.04. The van der Waals surface area contributed by atoms with Gasteiger partial charge in [-0.1, -0.05) is 35.3 Å². The smallest absolute Gasteiger partial charge is 0.258 e. The maximum absolute atomic E-state index is 13.6. The number of nitrogens with one attached hydrogen (secondary N) is 2. The number of H-pyrrole nitrogens is 1. The lowest BCUT2D eigenvalue weighted by Crippen LogP contribution is -2.24. The van der Waals surface area contributed by atoms with Crippen LogP contribution in [-0.2, 0) is 10.0 Å². The highest BCUT2D eigenvalue weighted by molar-refractivity contribution is 7.89. The fourth-order valence-electron chi connectivity index (χ4n) is 2.70. The molecule has 0 bridgehead atoms. The van der Waals surface area contributed by atoms with E-state index in [-0.39, 0.29) is 20.9 Å². The van der Waals surface area contributed by atoms with Crippen LogP contribution in [0.1, 0.15) is 22.9 Å². The fourth-order valence-corrected chi connectivity index (χ4v) is 3.92. The van der Waals surface area contributed by atoms with Crippen molar-refractivity contribution in [3.63, 3.8) is 0 Å². The molecule has 6 nitrogen and oxygen atoms in total. The lowest BCUT2D eigenvalue weighted by Gasteiger charge is -2.17. The molecule has 150 valence electrons. The first-order chi connectivity index (χ1) is 13.7. The third kappa shape index (κ3) is 4.57. The molecule has 0 atom stereocenters. The third-order valence-corrected chi connectivity index (χ3v) is 5.92. The SMILES string of the molecule is N#CCNS(=O)(=O)c1cnc(C(c2ccc(F)c(Cl)c2)c2ccc(F)c(Cl)c2)[nH]1. The van der Waals surface area contributed by atoms with Gasteiger partial charge < -0.3 is 4.98 Å². The van der Waals surface area contributed by atoms with E-state index in [9.17, 15) is 17.2 Å². The van der Waals surface area contributed by atoms with E-state index in [0.29, 0.717) is 11.1 Å². The van der Waals surface area contributed by atoms with Gasteiger partial charge in [0.25, 0.3) is 10.0 Å². The summed E-state index contributed by atoms with van der Waals surface area (Å²) in [6.45, 7) is -0.415. The molecule has 3 rings (SSSR count). The molecule has 2 N–H and O–H groups in total. The summed E-state index contributed by atoms with van der Waals surface area (Å²) in [5, 5.41) is 8.02. The van der Waals surface area contributed by atoms with Crippen molar-refractivity contribution in [2.75, 3.05) is 6.54 Å². The van der Waals surface area contributed by atoms with Crippen LogP contribution in [0.4, 0.5) is 8.78 Å². The molecule has 29 heavy (non-hydrogen) atoms. The van der Waals surface area contributed by atoms with Gasteiger partial charge in [-0.2, -0.15) is 9.98 Å². The molecule has 0 spiro atoms. The highest BCUT2D eigenvalue weighted by Crippen LogP contribution is 2.34. The summed E-state index contributed by atoms with van der Waals surface area (Å²) in [6.07, 6.45) is 1.08. The van der Waals surface area contributed by atoms with Gasteiger partial charge in [-0.3, -0.25) is 0 Å². The first-order valence-corrected chi connectivity index (χ1v) is 10.3. The third-order valence-electron chi connectivity index (χ3n) is 4.03. The van der Waals surface area contributed by atoms with Gasteiger partial charge in [0.15, 0.2) is 5.03 Å². The Morgan fingerprint density at radius 3 is 2.14 bits per heavy atom. The van der Waals surface area contributed by atoms with Gasteiger partial charge >= 0.3 is 0 Å². The van der Waals surface area contributed by atoms with Gasteiger partial charge in [0.2, 0.25) is 0 Å². The molecular formula is C18H12Cl2F2N4O2S. The van der Waals surface area contributed by atoms with Gasteiger partial charge in [0.05, 0.1) is 34.8 Å². The zero-order chi connectivity index (χ0) is 21.2. The summed E-state index contributed by atoms with van der Waals surface area (Å²) >= 11 is 11.8. The van der Waals surface area contributed by atoms with Crippen LogP contribution >= 0.6 is 23.2 Å². The predicted octanol–water partition coefficient (Wildman–Crippen LogP) is 3.98. The van der Waals surface area contributed by atoms with Crippen LogP contribution in [0.3, 0.4) is 0 Å². The van der Waals surface area contributed by atoms with Crippen molar-refractivity contribution in [3.8, 4) is 6.07 Å². The normalized spacial score (nSPS) is 11.6. The molecule has 1 aromatic heterocycles. The molecule has 0 saturated carbocycles. The van der Waals surface area contributed by atoms with Crippen molar-refractivity contribution in [2.45, 2.75) is 10.9 Å². The van der Waals surface area contributed by atoms with Gasteiger partial charge in [-0.05, 0) is 35.4 Å². The highest BCUT2D eigenvalue weighted by Gasteiger charge is 2.25. The molecule has 0 unspecified atom stereocenters. The topological polar surface area (TPSA) is 98.6 Å². The summed E-state index contributed by atoms with van der Waals surface area (Å²) in [4.78, 5) is 6.80. The summed E-state index contributed by atoms with van der Waals surface area (Å²) in [5.41, 5.74) is 0.949. The van der Waals surface area contributed by atoms with E-state index < -0.39 is 34.1 Å². The minimum absolute atomic E-state index is 0.143. The molecule has 0 fully saturated rings. The minimum atomic E-state index is -3.99. The molecule has 0 aliphatic rings. The molecule has 2 aromatic carbocycles. The van der Waals surface area contributed by atoms with E-state index in [1.807, 2.05) is 0 Å². The molecule has 0 radical (unpaired) electrons. The number of imidazole rings is 1. The van der Waals surface area contributed by atoms with Crippen molar-refractivity contribution < 1.29 is 17.2 Å². The van der Waals surface area contributed by atoms with Crippen LogP contribution < -0.4 is 4.72 Å². The van der Waals surface area contributed by atoms with Crippen LogP contribution in [0.15, 0.2) is 47.6 Å². The van der Waals surface area contributed by atoms with E-state index in [0.717, 1.165) is 18.3 Å². The highest BCUT2D eigenvalue weighted by atomic mass is 35.5. The van der Waals surface area contributed by atoms with E-state index in [2.05, 4.69) is 14.7 Å². The van der Waals surface area contributed by atoms with Crippen molar-refractivity contribution in [2.24, 2.45) is 0 Å². The van der Waals surface area contributed by atoms with Crippen LogP contribution in [-0.4, -0.2) is 24.9 Å². The average molecular weight is 457 g/mol. The standard InChI is InChI=1S/C18H12Cl2F2N4O2S/c19-12-7-10(1-3-14(12)21)17(11-2-4-15(22)13(20)8-11)18-24-9-16(26-18)29(27,28)25-6-5-23/h1-4,7-9,17,25H,6H2,(H,24,26). The number of sulfonamides is 1. The van der Waals surface area contributed by atoms with Crippen LogP contribution in [0.5, 0.6) is 0 Å². The Morgan fingerprint density at radius 1 is 1.10 bits per heavy atom. The van der Waals surface area contributed by atoms with E-state index in [1.165, 1.54) is 24.3 Å². The average Bonchev–Trinajstić information content (AvgIpc) is 3.17. The quantitative estimate of drug-likeness (QED) is 0.548. The maximum atomic E-state index is 13.6. The second-order valence-corrected chi connectivity index (χ2v) is 8.45. The Kier molecular flexibility index (Phi) is 6.19. The minimum Gasteiger partial charge on any atom is -0.331 e. The van der Waals surface area contributed by atoms with Gasteiger partial charge in [0, 0.05) is 0 Å². The summed E-state index contributed by atoms with van der Waals surface area (Å²) < 4.78 is 53.8. The molecule has 3 aromatic rings. The number of benzene rings is 2. The maximum Gasteiger partial charge on any atom is 0.258 e. The Bertz CT molecular complexity index is 1160. The molecule has 11 heteroatoms. The number of rotatable bonds is 6. The van der Waals surface area contributed by atoms with Gasteiger partial charge in [-0.25, -0.2) is 22.2 Å². The summed E-state index contributed by atoms with van der Waals surface area (Å²) in [5.74, 6) is -1.83. The summed E-state index contributed by atoms with van der Waals surface area (Å²) in [7, 11) is -3.99. The van der Waals surface area contributed by atoms with Gasteiger partial charge in [-0.15, -0.1) is 0 Å². The Hall–Kier alpha value is -2.51. The number of aromatic amines is 1. The van der Waals surface area contributed by atoms with E-state index >= 15 is 0 Å². The molecule has 0 aliphatic heterocycles. The number of hydrogen-bond donors (Lipinski definition) is 2. The van der Waals surface area contributed by atoms with Crippen LogP contribution in [0.25, 0.3) is 0 Å². The Balaban J connectivity index is 2.12. The lowest BCUT2D eigenvalue weighted by atomic mass is 9.90. The van der Waals surface area contributed by atoms with Crippen LogP contribution in [0.2, 0.25) is 10.0 Å². The summed E-state index contributed by atoms with van der Waals surface area (Å²) in [6, 6.07) is 9.62. The number of aromatic nitrogens is 2. The largest absolute Gasteiger partial charge is 0.331 e. The zero-order valence-corrected chi connectivity index (χ0v) is 16.8. The predicted molar refractivity (Wildman–Crippen MR) is 103 cm³/mol. The van der Waals surface area contributed by atoms with Crippen molar-refractivity contribution in [1.29, 1.82) is 5.26 Å². The van der Waals surface area contributed by atoms with Gasteiger partial charge in [0.1, 0.15) is 17.5 Å². The monoisotopic (exact) mass is 456 g/mol. The van der Waals surface area contributed by atoms with Crippen LogP contribution in [0, 0.1) is 23.0 Å². The fraction of sp³-hybridized carbons (Fsp3) is 0.111. The molecule has 0 amide bonds. The van der Waals surface area contributed by atoms with E-state index in [4.69, 9.17) is 28.5 Å². The number of nitriles is 1. The molecule has 1 heterocycles. The van der Waals surface area contributed by atoms with E-state index in [1.54, 1.807) is 6.07 Å². The number of halogens is 4. The molecular weight excluding hydrogens is 445 g/mol. The molecule has 0 saturated heterocycles. The second kappa shape index (κ2) is 8.47. The number of hydrogen-bond acceptors (Lipinski definition) is 4. The van der Waals surface area contributed by atoms with Crippen molar-refractivity contribution in [3.05, 3.63) is 81.2 Å². The Morgan fingerprint density at radius 2 is 1.66 bits per heavy atom. The number of nitrogens with zero attached hydrogens (tertiary/aromatic N) is 2. The Labute approximate surface area is 175 Å². The van der Waals surface area contributed by atoms with Crippen molar-refractivity contribution >= 4 is 33.2 Å². The first kappa shape index (κ1) is 21.2. The lowest BCUT2D eigenvalue weighted by molar-refractivity contribution is 0.582. The zero-order valence-electron chi connectivity index (χ0n) is 14.5.